The zero-order chi connectivity index (χ0) is 19.2. The monoisotopic (exact) mass is 369 g/mol. The summed E-state index contributed by atoms with van der Waals surface area (Å²) in [6.45, 7) is 8.15. The lowest BCUT2D eigenvalue weighted by molar-refractivity contribution is 0.278. The van der Waals surface area contributed by atoms with E-state index >= 15 is 0 Å². The second-order valence-electron chi connectivity index (χ2n) is 7.17. The highest BCUT2D eigenvalue weighted by Crippen LogP contribution is 2.29. The second kappa shape index (κ2) is 6.11. The molecule has 0 bridgehead atoms. The Balaban J connectivity index is 1.79. The van der Waals surface area contributed by atoms with Crippen LogP contribution in [0.3, 0.4) is 0 Å². The molecule has 0 atom stereocenters. The predicted octanol–water partition coefficient (Wildman–Crippen LogP) is 1.49. The van der Waals surface area contributed by atoms with E-state index in [2.05, 4.69) is 56.3 Å². The van der Waals surface area contributed by atoms with Crippen LogP contribution >= 0.6 is 0 Å². The number of nitrogens with zero attached hydrogens (tertiary/aromatic N) is 9. The number of aryl methyl sites for hydroxylation is 2. The third kappa shape index (κ3) is 3.23. The number of rotatable bonds is 4. The maximum Gasteiger partial charge on any atom is 0.242 e. The van der Waals surface area contributed by atoms with Gasteiger partial charge in [-0.25, -0.2) is 4.98 Å². The van der Waals surface area contributed by atoms with Crippen molar-refractivity contribution in [3.63, 3.8) is 0 Å². The molecular formula is C16H19N9O2. The van der Waals surface area contributed by atoms with Crippen molar-refractivity contribution in [2.45, 2.75) is 39.7 Å². The van der Waals surface area contributed by atoms with Gasteiger partial charge in [-0.2, -0.15) is 14.6 Å². The first-order chi connectivity index (χ1) is 12.8. The third-order valence-electron chi connectivity index (χ3n) is 3.88. The molecule has 4 aromatic rings. The Morgan fingerprint density at radius 1 is 1.19 bits per heavy atom. The summed E-state index contributed by atoms with van der Waals surface area (Å²) < 4.78 is 14.1. The fraction of sp³-hybridized carbons (Fsp3) is 0.438. The van der Waals surface area contributed by atoms with Gasteiger partial charge in [0, 0.05) is 25.6 Å². The van der Waals surface area contributed by atoms with Crippen molar-refractivity contribution in [2.24, 2.45) is 7.05 Å². The van der Waals surface area contributed by atoms with Gasteiger partial charge in [0.2, 0.25) is 23.4 Å². The Hall–Kier alpha value is -3.37. The van der Waals surface area contributed by atoms with Gasteiger partial charge < -0.3 is 9.26 Å². The summed E-state index contributed by atoms with van der Waals surface area (Å²) >= 11 is 0. The molecule has 4 aromatic heterocycles. The second-order valence-corrected chi connectivity index (χ2v) is 7.17. The predicted molar refractivity (Wildman–Crippen MR) is 92.8 cm³/mol. The molecule has 0 N–H and O–H groups in total. The summed E-state index contributed by atoms with van der Waals surface area (Å²) in [5, 5.41) is 21.1. The van der Waals surface area contributed by atoms with E-state index in [0.717, 1.165) is 5.56 Å². The first-order valence-corrected chi connectivity index (χ1v) is 8.36. The Kier molecular flexibility index (Phi) is 3.86. The molecule has 0 unspecified atom stereocenters. The maximum absolute atomic E-state index is 5.82. The maximum atomic E-state index is 5.82. The summed E-state index contributed by atoms with van der Waals surface area (Å²) in [5.74, 6) is 2.10. The van der Waals surface area contributed by atoms with Gasteiger partial charge in [0.1, 0.15) is 6.33 Å². The molecule has 0 saturated carbocycles. The minimum atomic E-state index is -0.205. The molecular weight excluding hydrogens is 350 g/mol. The van der Waals surface area contributed by atoms with E-state index in [1.807, 2.05) is 6.07 Å². The number of hydrogen-bond acceptors (Lipinski definition) is 9. The lowest BCUT2D eigenvalue weighted by atomic mass is 9.88. The van der Waals surface area contributed by atoms with Gasteiger partial charge in [0.15, 0.2) is 18.1 Å². The van der Waals surface area contributed by atoms with E-state index in [0.29, 0.717) is 34.9 Å². The van der Waals surface area contributed by atoms with Crippen LogP contribution in [0.4, 0.5) is 0 Å². The zero-order valence-corrected chi connectivity index (χ0v) is 15.7. The number of fused-ring (bicyclic) bond motifs is 1. The Morgan fingerprint density at radius 2 is 2.00 bits per heavy atom. The first kappa shape index (κ1) is 17.1. The molecule has 0 spiro atoms. The molecule has 4 heterocycles. The van der Waals surface area contributed by atoms with Crippen LogP contribution in [0, 0.1) is 6.92 Å². The summed E-state index contributed by atoms with van der Waals surface area (Å²) in [4.78, 5) is 8.37. The Morgan fingerprint density at radius 3 is 2.63 bits per heavy atom. The van der Waals surface area contributed by atoms with E-state index in [1.165, 1.54) is 0 Å². The molecule has 0 aliphatic carbocycles. The fourth-order valence-electron chi connectivity index (χ4n) is 2.60. The number of hydrogen-bond donors (Lipinski definition) is 0. The van der Waals surface area contributed by atoms with E-state index in [-0.39, 0.29) is 12.0 Å². The van der Waals surface area contributed by atoms with Crippen LogP contribution in [0.1, 0.15) is 38.0 Å². The zero-order valence-electron chi connectivity index (χ0n) is 15.7. The van der Waals surface area contributed by atoms with Gasteiger partial charge in [0.05, 0.1) is 0 Å². The highest BCUT2D eigenvalue weighted by Gasteiger charge is 2.25. The molecule has 11 nitrogen and oxygen atoms in total. The normalized spacial score (nSPS) is 12.0. The molecule has 0 amide bonds. The highest BCUT2D eigenvalue weighted by atomic mass is 16.5. The standard InChI is InChI=1S/C16H19N9O2/c1-9-18-13(23-27-9)15-20-19-14-10(16(2,3)4)6-12(22-25(14)15)26-7-11-17-8-24(5)21-11/h6,8H,7H2,1-5H3. The molecule has 0 fully saturated rings. The van der Waals surface area contributed by atoms with E-state index < -0.39 is 0 Å². The quantitative estimate of drug-likeness (QED) is 0.526. The van der Waals surface area contributed by atoms with Crippen molar-refractivity contribution in [3.8, 4) is 17.5 Å². The molecule has 0 aliphatic heterocycles. The highest BCUT2D eigenvalue weighted by molar-refractivity contribution is 5.57. The minimum absolute atomic E-state index is 0.196. The number of ether oxygens (including phenoxy) is 1. The van der Waals surface area contributed by atoms with Crippen molar-refractivity contribution in [1.82, 2.24) is 44.7 Å². The average Bonchev–Trinajstić information content (AvgIpc) is 3.31. The fourth-order valence-corrected chi connectivity index (χ4v) is 2.60. The van der Waals surface area contributed by atoms with Crippen LogP contribution in [0.15, 0.2) is 16.9 Å². The summed E-state index contributed by atoms with van der Waals surface area (Å²) in [5.41, 5.74) is 1.34. The summed E-state index contributed by atoms with van der Waals surface area (Å²) in [7, 11) is 1.80. The van der Waals surface area contributed by atoms with Crippen LogP contribution in [0.25, 0.3) is 17.3 Å². The molecule has 0 aliphatic rings. The van der Waals surface area contributed by atoms with Gasteiger partial charge in [-0.15, -0.1) is 15.3 Å². The molecule has 0 radical (unpaired) electrons. The van der Waals surface area contributed by atoms with E-state index in [1.54, 1.807) is 29.5 Å². The van der Waals surface area contributed by atoms with Gasteiger partial charge >= 0.3 is 0 Å². The van der Waals surface area contributed by atoms with E-state index in [9.17, 15) is 0 Å². The van der Waals surface area contributed by atoms with Gasteiger partial charge in [0.25, 0.3) is 0 Å². The Bertz CT molecular complexity index is 1100. The van der Waals surface area contributed by atoms with Crippen LogP contribution in [0.2, 0.25) is 0 Å². The van der Waals surface area contributed by atoms with Crippen molar-refractivity contribution < 1.29 is 9.26 Å². The van der Waals surface area contributed by atoms with Gasteiger partial charge in [-0.1, -0.05) is 25.9 Å². The SMILES string of the molecule is Cc1nc(-c2nnc3c(C(C)(C)C)cc(OCc4ncn(C)n4)nn23)no1. The van der Waals surface area contributed by atoms with Crippen molar-refractivity contribution >= 4 is 5.65 Å². The molecule has 0 aromatic carbocycles. The molecule has 0 saturated heterocycles. The molecule has 11 heteroatoms. The van der Waals surface area contributed by atoms with Crippen molar-refractivity contribution in [3.05, 3.63) is 29.7 Å². The van der Waals surface area contributed by atoms with E-state index in [4.69, 9.17) is 9.26 Å². The number of aromatic nitrogens is 9. The summed E-state index contributed by atoms with van der Waals surface area (Å²) in [6, 6.07) is 1.86. The average molecular weight is 369 g/mol. The van der Waals surface area contributed by atoms with Crippen LogP contribution in [0.5, 0.6) is 5.88 Å². The Labute approximate surface area is 154 Å². The third-order valence-corrected chi connectivity index (χ3v) is 3.88. The summed E-state index contributed by atoms with van der Waals surface area (Å²) in [6.07, 6.45) is 1.62. The van der Waals surface area contributed by atoms with Gasteiger partial charge in [-0.3, -0.25) is 4.68 Å². The smallest absolute Gasteiger partial charge is 0.242 e. The van der Waals surface area contributed by atoms with Crippen molar-refractivity contribution in [2.75, 3.05) is 0 Å². The first-order valence-electron chi connectivity index (χ1n) is 8.36. The molecule has 140 valence electrons. The topological polar surface area (TPSA) is 122 Å². The minimum Gasteiger partial charge on any atom is -0.468 e. The van der Waals surface area contributed by atoms with Crippen LogP contribution in [-0.4, -0.2) is 44.7 Å². The van der Waals surface area contributed by atoms with Crippen LogP contribution in [-0.2, 0) is 19.1 Å². The largest absolute Gasteiger partial charge is 0.468 e. The lowest BCUT2D eigenvalue weighted by Gasteiger charge is -2.19. The molecule has 4 rings (SSSR count). The lowest BCUT2D eigenvalue weighted by Crippen LogP contribution is -2.15. The van der Waals surface area contributed by atoms with Crippen molar-refractivity contribution in [1.29, 1.82) is 0 Å². The molecule has 27 heavy (non-hydrogen) atoms. The van der Waals surface area contributed by atoms with Gasteiger partial charge in [-0.05, 0) is 5.41 Å². The van der Waals surface area contributed by atoms with Crippen LogP contribution < -0.4 is 4.74 Å².